The molecule has 38 heavy (non-hydrogen) atoms. The van der Waals surface area contributed by atoms with Crippen LogP contribution < -0.4 is 15.9 Å². The van der Waals surface area contributed by atoms with Crippen LogP contribution in [0.1, 0.15) is 45.8 Å². The minimum Gasteiger partial charge on any atom is -0.482 e. The fourth-order valence-corrected chi connectivity index (χ4v) is 5.52. The standard InChI is InChI=1S/C28H27F2N3O5/c1-16(2)22-15-37-23-12-32-11-20(27(31)35)25(34)26(38-14-17-6-4-3-5-7-17)24(32)28(36)33(22,23)13-18-8-9-19(29)10-21(18)30/h3-11,16,22-23H,12-15H2,1-2H3,(H-,31,35)/p+1/t22-,23-,33?/m0/s1. The number of primary amides is 1. The summed E-state index contributed by atoms with van der Waals surface area (Å²) in [6.07, 6.45) is 0.517. The zero-order valence-corrected chi connectivity index (χ0v) is 21.0. The van der Waals surface area contributed by atoms with E-state index in [1.54, 1.807) is 12.1 Å². The summed E-state index contributed by atoms with van der Waals surface area (Å²) in [7, 11) is 0. The van der Waals surface area contributed by atoms with Crippen LogP contribution in [0.25, 0.3) is 0 Å². The van der Waals surface area contributed by atoms with Gasteiger partial charge >= 0.3 is 5.91 Å². The van der Waals surface area contributed by atoms with Gasteiger partial charge in [-0.3, -0.25) is 9.59 Å². The Balaban J connectivity index is 1.68. The van der Waals surface area contributed by atoms with Crippen LogP contribution in [0, 0.1) is 17.6 Å². The quantitative estimate of drug-likeness (QED) is 0.478. The SMILES string of the molecule is CC(C)[C@@H]1CO[C@H]2Cn3cc(C(N)=O)c(=O)c(OCc4ccccc4)c3C(=O)[N+]21Cc1ccc(F)cc1F. The third kappa shape index (κ3) is 4.19. The van der Waals surface area contributed by atoms with E-state index in [4.69, 9.17) is 15.2 Å². The number of fused-ring (bicyclic) bond motifs is 2. The largest absolute Gasteiger partial charge is 0.482 e. The molecule has 3 aromatic rings. The minimum atomic E-state index is -0.950. The molecule has 0 radical (unpaired) electrons. The zero-order valence-electron chi connectivity index (χ0n) is 21.0. The lowest BCUT2D eigenvalue weighted by Crippen LogP contribution is -2.66. The molecule has 5 rings (SSSR count). The number of carbonyl (C=O) groups is 2. The zero-order chi connectivity index (χ0) is 27.2. The molecule has 2 amide bonds. The van der Waals surface area contributed by atoms with Gasteiger partial charge < -0.3 is 19.8 Å². The summed E-state index contributed by atoms with van der Waals surface area (Å²) in [4.78, 5) is 40.0. The fraction of sp³-hybridized carbons (Fsp3) is 0.321. The van der Waals surface area contributed by atoms with Crippen LogP contribution in [0.2, 0.25) is 0 Å². The maximum atomic E-state index is 14.9. The van der Waals surface area contributed by atoms with E-state index in [1.807, 2.05) is 32.0 Å². The predicted molar refractivity (Wildman–Crippen MR) is 133 cm³/mol. The van der Waals surface area contributed by atoms with Crippen LogP contribution in [0.3, 0.4) is 0 Å². The second kappa shape index (κ2) is 9.77. The van der Waals surface area contributed by atoms with Gasteiger partial charge in [0.2, 0.25) is 17.4 Å². The Bertz CT molecular complexity index is 1470. The molecule has 198 valence electrons. The van der Waals surface area contributed by atoms with Gasteiger partial charge in [0.1, 0.15) is 49.5 Å². The molecule has 1 fully saturated rings. The minimum absolute atomic E-state index is 0.0291. The highest BCUT2D eigenvalue weighted by molar-refractivity contribution is 5.96. The molecule has 2 aliphatic rings. The van der Waals surface area contributed by atoms with Crippen molar-refractivity contribution in [3.05, 3.63) is 99.0 Å². The number of benzene rings is 2. The Morgan fingerprint density at radius 1 is 1.18 bits per heavy atom. The molecule has 1 unspecified atom stereocenters. The maximum Gasteiger partial charge on any atom is 0.369 e. The van der Waals surface area contributed by atoms with Gasteiger partial charge in [0.05, 0.1) is 0 Å². The lowest BCUT2D eigenvalue weighted by Gasteiger charge is -2.45. The number of halogens is 2. The number of hydrogen-bond donors (Lipinski definition) is 1. The normalized spacial score (nSPS) is 22.3. The van der Waals surface area contributed by atoms with Gasteiger partial charge in [-0.05, 0) is 17.7 Å². The molecular formula is C28H28F2N3O5+. The third-order valence-corrected chi connectivity index (χ3v) is 7.44. The highest BCUT2D eigenvalue weighted by Gasteiger charge is 2.61. The van der Waals surface area contributed by atoms with Crippen molar-refractivity contribution < 1.29 is 32.3 Å². The first-order valence-corrected chi connectivity index (χ1v) is 12.3. The number of pyridine rings is 1. The van der Waals surface area contributed by atoms with E-state index in [0.29, 0.717) is 0 Å². The highest BCUT2D eigenvalue weighted by atomic mass is 19.1. The average Bonchev–Trinajstić information content (AvgIpc) is 3.25. The number of aromatic nitrogens is 1. The highest BCUT2D eigenvalue weighted by Crippen LogP contribution is 2.42. The van der Waals surface area contributed by atoms with E-state index in [0.717, 1.165) is 17.7 Å². The molecule has 0 spiro atoms. The molecule has 8 nitrogen and oxygen atoms in total. The molecule has 2 aliphatic heterocycles. The first-order chi connectivity index (χ1) is 18.1. The molecule has 10 heteroatoms. The third-order valence-electron chi connectivity index (χ3n) is 7.44. The van der Waals surface area contributed by atoms with E-state index < -0.39 is 35.1 Å². The average molecular weight is 525 g/mol. The van der Waals surface area contributed by atoms with Gasteiger partial charge in [0.15, 0.2) is 5.69 Å². The van der Waals surface area contributed by atoms with Crippen molar-refractivity contribution in [1.82, 2.24) is 4.57 Å². The van der Waals surface area contributed by atoms with Crippen LogP contribution in [-0.4, -0.2) is 39.7 Å². The van der Waals surface area contributed by atoms with Crippen LogP contribution in [-0.2, 0) is 24.4 Å². The smallest absolute Gasteiger partial charge is 0.369 e. The predicted octanol–water partition coefficient (Wildman–Crippen LogP) is 3.36. The Labute approximate surface area is 217 Å². The van der Waals surface area contributed by atoms with Gasteiger partial charge in [-0.1, -0.05) is 44.2 Å². The van der Waals surface area contributed by atoms with Crippen LogP contribution in [0.15, 0.2) is 59.5 Å². The Kier molecular flexibility index (Phi) is 6.62. The second-order valence-electron chi connectivity index (χ2n) is 10.1. The molecule has 2 aromatic carbocycles. The Morgan fingerprint density at radius 2 is 1.92 bits per heavy atom. The van der Waals surface area contributed by atoms with Crippen molar-refractivity contribution in [2.75, 3.05) is 6.61 Å². The van der Waals surface area contributed by atoms with E-state index in [9.17, 15) is 23.2 Å². The monoisotopic (exact) mass is 524 g/mol. The molecule has 3 atom stereocenters. The molecule has 0 aliphatic carbocycles. The van der Waals surface area contributed by atoms with Gasteiger partial charge in [0.25, 0.3) is 5.91 Å². The van der Waals surface area contributed by atoms with Crippen molar-refractivity contribution in [3.8, 4) is 5.75 Å². The summed E-state index contributed by atoms with van der Waals surface area (Å²) in [5.41, 5.74) is 5.24. The Hall–Kier alpha value is -3.89. The summed E-state index contributed by atoms with van der Waals surface area (Å²) in [5, 5.41) is 0. The molecule has 2 N–H and O–H groups in total. The number of amides is 2. The summed E-state index contributed by atoms with van der Waals surface area (Å²) >= 11 is 0. The van der Waals surface area contributed by atoms with Crippen molar-refractivity contribution >= 4 is 11.8 Å². The number of ether oxygens (including phenoxy) is 2. The summed E-state index contributed by atoms with van der Waals surface area (Å²) in [6.45, 7) is 4.06. The van der Waals surface area contributed by atoms with Gasteiger partial charge in [-0.2, -0.15) is 0 Å². The number of hydrogen-bond acceptors (Lipinski definition) is 5. The van der Waals surface area contributed by atoms with Crippen LogP contribution >= 0.6 is 0 Å². The number of rotatable bonds is 7. The molecule has 1 aromatic heterocycles. The summed E-state index contributed by atoms with van der Waals surface area (Å²) < 4.78 is 41.7. The van der Waals surface area contributed by atoms with E-state index >= 15 is 0 Å². The van der Waals surface area contributed by atoms with Gasteiger partial charge in [-0.15, -0.1) is 0 Å². The molecule has 0 bridgehead atoms. The van der Waals surface area contributed by atoms with Crippen molar-refractivity contribution in [2.45, 2.75) is 45.8 Å². The molecule has 3 heterocycles. The van der Waals surface area contributed by atoms with Crippen molar-refractivity contribution in [3.63, 3.8) is 0 Å². The second-order valence-corrected chi connectivity index (χ2v) is 10.1. The van der Waals surface area contributed by atoms with Crippen molar-refractivity contribution in [2.24, 2.45) is 11.7 Å². The maximum absolute atomic E-state index is 14.9. The molecular weight excluding hydrogens is 496 g/mol. The summed E-state index contributed by atoms with van der Waals surface area (Å²) in [6, 6.07) is 11.9. The molecule has 1 saturated heterocycles. The Morgan fingerprint density at radius 3 is 2.58 bits per heavy atom. The number of nitrogens with two attached hydrogens (primary N) is 1. The number of nitrogens with zero attached hydrogens (tertiary/aromatic N) is 2. The van der Waals surface area contributed by atoms with Crippen LogP contribution in [0.5, 0.6) is 5.75 Å². The lowest BCUT2D eigenvalue weighted by molar-refractivity contribution is -0.914. The molecule has 0 saturated carbocycles. The van der Waals surface area contributed by atoms with E-state index in [1.165, 1.54) is 16.8 Å². The lowest BCUT2D eigenvalue weighted by atomic mass is 9.96. The van der Waals surface area contributed by atoms with E-state index in [2.05, 4.69) is 0 Å². The van der Waals surface area contributed by atoms with Gasteiger partial charge in [0, 0.05) is 23.7 Å². The first kappa shape index (κ1) is 25.7. The first-order valence-electron chi connectivity index (χ1n) is 12.3. The number of quaternary nitrogens is 1. The summed E-state index contributed by atoms with van der Waals surface area (Å²) in [5.74, 6) is -3.29. The van der Waals surface area contributed by atoms with Crippen molar-refractivity contribution in [1.29, 1.82) is 0 Å². The van der Waals surface area contributed by atoms with Crippen LogP contribution in [0.4, 0.5) is 8.78 Å². The fourth-order valence-electron chi connectivity index (χ4n) is 5.52. The van der Waals surface area contributed by atoms with E-state index in [-0.39, 0.29) is 65.3 Å². The van der Waals surface area contributed by atoms with Gasteiger partial charge in [-0.25, -0.2) is 18.1 Å². The number of carbonyl (C=O) groups excluding carboxylic acids is 2. The topological polar surface area (TPSA) is 101 Å².